The molecule has 2 aromatic heterocycles. The smallest absolute Gasteiger partial charge is 0.253 e. The van der Waals surface area contributed by atoms with Crippen LogP contribution in [0.5, 0.6) is 0 Å². The molecule has 5 rings (SSSR count). The summed E-state index contributed by atoms with van der Waals surface area (Å²) in [6.45, 7) is 15.5. The lowest BCUT2D eigenvalue weighted by molar-refractivity contribution is -0.0102. The van der Waals surface area contributed by atoms with E-state index in [0.29, 0.717) is 52.6 Å². The predicted molar refractivity (Wildman–Crippen MR) is 210 cm³/mol. The van der Waals surface area contributed by atoms with Crippen LogP contribution >= 0.6 is 34.8 Å². The quantitative estimate of drug-likeness (QED) is 0.147. The van der Waals surface area contributed by atoms with Crippen LogP contribution in [0.2, 0.25) is 15.2 Å². The van der Waals surface area contributed by atoms with Gasteiger partial charge < -0.3 is 25.0 Å². The van der Waals surface area contributed by atoms with Gasteiger partial charge >= 0.3 is 0 Å². The van der Waals surface area contributed by atoms with Gasteiger partial charge in [-0.05, 0) is 84.3 Å². The topological polar surface area (TPSA) is 106 Å². The number of anilines is 1. The van der Waals surface area contributed by atoms with Crippen LogP contribution in [0.3, 0.4) is 0 Å². The summed E-state index contributed by atoms with van der Waals surface area (Å²) >= 11 is 17.8. The van der Waals surface area contributed by atoms with Crippen LogP contribution in [0.15, 0.2) is 60.7 Å². The Labute approximate surface area is 322 Å². The van der Waals surface area contributed by atoms with Crippen LogP contribution in [-0.2, 0) is 22.6 Å². The fraction of sp³-hybridized carbons (Fsp3) is 0.400. The van der Waals surface area contributed by atoms with Crippen LogP contribution < -0.4 is 15.5 Å². The van der Waals surface area contributed by atoms with Crippen LogP contribution in [0.1, 0.15) is 93.9 Å². The summed E-state index contributed by atoms with van der Waals surface area (Å²) in [5.74, 6) is 0.879. The number of halogens is 3. The summed E-state index contributed by atoms with van der Waals surface area (Å²) in [7, 11) is 1.68. The third kappa shape index (κ3) is 11.4. The lowest BCUT2D eigenvalue weighted by atomic mass is 9.98. The molecule has 1 fully saturated rings. The molecule has 1 atom stereocenters. The van der Waals surface area contributed by atoms with Crippen molar-refractivity contribution in [2.45, 2.75) is 72.6 Å². The monoisotopic (exact) mass is 767 g/mol. The lowest BCUT2D eigenvalue weighted by Crippen LogP contribution is -2.45. The second-order valence-electron chi connectivity index (χ2n) is 13.4. The van der Waals surface area contributed by atoms with Gasteiger partial charge in [0.2, 0.25) is 0 Å². The maximum absolute atomic E-state index is 13.0. The predicted octanol–water partition coefficient (Wildman–Crippen LogP) is 8.70. The van der Waals surface area contributed by atoms with Crippen molar-refractivity contribution in [2.24, 2.45) is 0 Å². The van der Waals surface area contributed by atoms with E-state index in [2.05, 4.69) is 34.4 Å². The number of ether oxygens (including phenoxy) is 2. The molecule has 2 N–H and O–H groups in total. The lowest BCUT2D eigenvalue weighted by Gasteiger charge is -2.34. The van der Waals surface area contributed by atoms with Gasteiger partial charge in [-0.3, -0.25) is 9.59 Å². The summed E-state index contributed by atoms with van der Waals surface area (Å²) in [4.78, 5) is 37.0. The second kappa shape index (κ2) is 19.4. The molecule has 0 aliphatic carbocycles. The van der Waals surface area contributed by atoms with E-state index in [9.17, 15) is 9.59 Å². The van der Waals surface area contributed by atoms with E-state index in [0.717, 1.165) is 52.5 Å². The Balaban J connectivity index is 0.000000244. The van der Waals surface area contributed by atoms with E-state index in [1.165, 1.54) is 0 Å². The number of carbonyl (C=O) groups is 2. The molecular formula is C40H48Cl3N5O4. The van der Waals surface area contributed by atoms with Crippen molar-refractivity contribution >= 4 is 52.4 Å². The van der Waals surface area contributed by atoms with Crippen molar-refractivity contribution in [3.63, 3.8) is 0 Å². The molecule has 0 saturated carbocycles. The van der Waals surface area contributed by atoms with E-state index in [1.807, 2.05) is 70.2 Å². The standard InChI is InChI=1S/C23H30ClN3O3.C17H18Cl2N2O/c1-15(2)22-21(23(28)25-12-17-5-7-18(24)8-6-17)16(3)11-20(26-22)27-9-10-30-19(13-27)14-29-4;1-10(2)16-15(11(3)8-14(19)21-16)17(22)20-9-12-4-6-13(18)7-5-12/h5-8,11,15,19H,9-10,12-14H2,1-4H3,(H,25,28);4-8,10H,9H2,1-3H3,(H,20,22)/t19-;/m0./s1. The van der Waals surface area contributed by atoms with Gasteiger partial charge in [0.15, 0.2) is 0 Å². The Morgan fingerprint density at radius 3 is 1.77 bits per heavy atom. The molecular weight excluding hydrogens is 721 g/mol. The minimum absolute atomic E-state index is 0.0238. The van der Waals surface area contributed by atoms with Crippen molar-refractivity contribution in [2.75, 3.05) is 38.3 Å². The third-order valence-electron chi connectivity index (χ3n) is 8.54. The number of pyridine rings is 2. The van der Waals surface area contributed by atoms with Crippen molar-refractivity contribution < 1.29 is 19.1 Å². The van der Waals surface area contributed by atoms with E-state index >= 15 is 0 Å². The maximum atomic E-state index is 13.0. The molecule has 12 heteroatoms. The molecule has 2 aromatic carbocycles. The molecule has 1 aliphatic rings. The minimum Gasteiger partial charge on any atom is -0.382 e. The number of amides is 2. The molecule has 2 amide bonds. The van der Waals surface area contributed by atoms with Gasteiger partial charge in [0.05, 0.1) is 41.8 Å². The number of carbonyl (C=O) groups excluding carboxylic acids is 2. The zero-order chi connectivity index (χ0) is 37.9. The number of morpholine rings is 1. The van der Waals surface area contributed by atoms with Gasteiger partial charge in [0.25, 0.3) is 11.8 Å². The summed E-state index contributed by atoms with van der Waals surface area (Å²) in [5.41, 5.74) is 6.54. The van der Waals surface area contributed by atoms with E-state index in [-0.39, 0.29) is 29.8 Å². The average Bonchev–Trinajstić information content (AvgIpc) is 3.10. The molecule has 1 aliphatic heterocycles. The number of benzene rings is 2. The van der Waals surface area contributed by atoms with Crippen molar-refractivity contribution in [3.8, 4) is 0 Å². The Hall–Kier alpha value is -3.73. The molecule has 0 radical (unpaired) electrons. The molecule has 4 aromatic rings. The normalized spacial score (nSPS) is 14.2. The number of aryl methyl sites for hydroxylation is 2. The van der Waals surface area contributed by atoms with Gasteiger partial charge in [-0.15, -0.1) is 0 Å². The Kier molecular flexibility index (Phi) is 15.3. The van der Waals surface area contributed by atoms with Gasteiger partial charge in [-0.1, -0.05) is 86.8 Å². The summed E-state index contributed by atoms with van der Waals surface area (Å²) in [6, 6.07) is 18.6. The van der Waals surface area contributed by atoms with Gasteiger partial charge in [-0.25, -0.2) is 9.97 Å². The summed E-state index contributed by atoms with van der Waals surface area (Å²) in [5, 5.41) is 7.71. The number of methoxy groups -OCH3 is 1. The van der Waals surface area contributed by atoms with Crippen molar-refractivity contribution in [1.29, 1.82) is 0 Å². The van der Waals surface area contributed by atoms with E-state index in [1.54, 1.807) is 25.3 Å². The SMILES string of the molecule is COC[C@@H]1CN(c2cc(C)c(C(=O)NCc3ccc(Cl)cc3)c(C(C)C)n2)CCO1.Cc1cc(Cl)nc(C(C)C)c1C(=O)NCc1ccc(Cl)cc1. The fourth-order valence-electron chi connectivity index (χ4n) is 5.88. The number of hydrogen-bond donors (Lipinski definition) is 2. The Morgan fingerprint density at radius 2 is 1.29 bits per heavy atom. The first-order chi connectivity index (χ1) is 24.8. The Bertz CT molecular complexity index is 1820. The van der Waals surface area contributed by atoms with Crippen LogP contribution in [0.25, 0.3) is 0 Å². The highest BCUT2D eigenvalue weighted by atomic mass is 35.5. The second-order valence-corrected chi connectivity index (χ2v) is 14.7. The van der Waals surface area contributed by atoms with Crippen molar-refractivity contribution in [3.05, 3.63) is 121 Å². The first kappa shape index (κ1) is 41.0. The molecule has 9 nitrogen and oxygen atoms in total. The largest absolute Gasteiger partial charge is 0.382 e. The van der Waals surface area contributed by atoms with Crippen LogP contribution in [0.4, 0.5) is 5.82 Å². The van der Waals surface area contributed by atoms with E-state index in [4.69, 9.17) is 49.3 Å². The number of nitrogens with zero attached hydrogens (tertiary/aromatic N) is 3. The summed E-state index contributed by atoms with van der Waals surface area (Å²) < 4.78 is 11.0. The van der Waals surface area contributed by atoms with Crippen molar-refractivity contribution in [1.82, 2.24) is 20.6 Å². The number of nitrogens with one attached hydrogen (secondary N) is 2. The van der Waals surface area contributed by atoms with Gasteiger partial charge in [0, 0.05) is 43.3 Å². The van der Waals surface area contributed by atoms with E-state index < -0.39 is 0 Å². The molecule has 0 unspecified atom stereocenters. The number of aromatic nitrogens is 2. The Morgan fingerprint density at radius 1 is 0.808 bits per heavy atom. The van der Waals surface area contributed by atoms with Gasteiger partial charge in [0.1, 0.15) is 11.0 Å². The molecule has 278 valence electrons. The van der Waals surface area contributed by atoms with Crippen LogP contribution in [0, 0.1) is 13.8 Å². The molecule has 52 heavy (non-hydrogen) atoms. The van der Waals surface area contributed by atoms with Gasteiger partial charge in [-0.2, -0.15) is 0 Å². The highest BCUT2D eigenvalue weighted by molar-refractivity contribution is 6.31. The highest BCUT2D eigenvalue weighted by Crippen LogP contribution is 2.27. The third-order valence-corrected chi connectivity index (χ3v) is 9.24. The zero-order valence-corrected chi connectivity index (χ0v) is 33.1. The number of rotatable bonds is 11. The number of hydrogen-bond acceptors (Lipinski definition) is 7. The average molecular weight is 769 g/mol. The highest BCUT2D eigenvalue weighted by Gasteiger charge is 2.25. The first-order valence-corrected chi connectivity index (χ1v) is 18.5. The zero-order valence-electron chi connectivity index (χ0n) is 30.9. The molecule has 0 spiro atoms. The summed E-state index contributed by atoms with van der Waals surface area (Å²) in [6.07, 6.45) is 0.0238. The molecule has 3 heterocycles. The minimum atomic E-state index is -0.139. The molecule has 1 saturated heterocycles. The molecule has 0 bridgehead atoms. The van der Waals surface area contributed by atoms with Crippen LogP contribution in [-0.4, -0.2) is 61.3 Å². The fourth-order valence-corrected chi connectivity index (χ4v) is 6.39. The maximum Gasteiger partial charge on any atom is 0.253 e. The first-order valence-electron chi connectivity index (χ1n) is 17.4.